The Morgan fingerprint density at radius 2 is 1.47 bits per heavy atom. The molecule has 2 heteroatoms. The topological polar surface area (TPSA) is 29.3 Å². The molecule has 0 aliphatic heterocycles. The van der Waals surface area contributed by atoms with Crippen LogP contribution in [0.15, 0.2) is 0 Å². The SMILES string of the molecule is CCCCCCCCCN(N)C(C)CC. The number of hydrogen-bond acceptors (Lipinski definition) is 2. The summed E-state index contributed by atoms with van der Waals surface area (Å²) in [6, 6.07) is 0.532. The molecule has 0 radical (unpaired) electrons. The predicted molar refractivity (Wildman–Crippen MR) is 68.6 cm³/mol. The van der Waals surface area contributed by atoms with Gasteiger partial charge in [0.25, 0.3) is 0 Å². The summed E-state index contributed by atoms with van der Waals surface area (Å²) in [5.74, 6) is 5.92. The average molecular weight is 214 g/mol. The maximum absolute atomic E-state index is 5.92. The third kappa shape index (κ3) is 8.88. The summed E-state index contributed by atoms with van der Waals surface area (Å²) in [7, 11) is 0. The van der Waals surface area contributed by atoms with Gasteiger partial charge in [-0.25, -0.2) is 5.01 Å². The number of nitrogens with zero attached hydrogens (tertiary/aromatic N) is 1. The lowest BCUT2D eigenvalue weighted by Gasteiger charge is -2.22. The number of rotatable bonds is 10. The summed E-state index contributed by atoms with van der Waals surface area (Å²) >= 11 is 0. The highest BCUT2D eigenvalue weighted by atomic mass is 15.4. The van der Waals surface area contributed by atoms with Crippen molar-refractivity contribution in [2.75, 3.05) is 6.54 Å². The molecule has 15 heavy (non-hydrogen) atoms. The Morgan fingerprint density at radius 3 is 2.00 bits per heavy atom. The first-order chi connectivity index (χ1) is 7.22. The van der Waals surface area contributed by atoms with E-state index in [1.54, 1.807) is 0 Å². The Morgan fingerprint density at radius 1 is 0.933 bits per heavy atom. The van der Waals surface area contributed by atoms with Crippen LogP contribution in [0.2, 0.25) is 0 Å². The standard InChI is InChI=1S/C13H30N2/c1-4-6-7-8-9-10-11-12-15(14)13(3)5-2/h13H,4-12,14H2,1-3H3. The van der Waals surface area contributed by atoms with Gasteiger partial charge in [0.05, 0.1) is 0 Å². The second-order valence-electron chi connectivity index (χ2n) is 4.62. The van der Waals surface area contributed by atoms with E-state index in [9.17, 15) is 0 Å². The summed E-state index contributed by atoms with van der Waals surface area (Å²) in [5, 5.41) is 1.99. The van der Waals surface area contributed by atoms with E-state index in [-0.39, 0.29) is 0 Å². The molecule has 0 aromatic rings. The third-order valence-corrected chi connectivity index (χ3v) is 3.18. The molecule has 0 amide bonds. The molecule has 0 aliphatic rings. The monoisotopic (exact) mass is 214 g/mol. The molecule has 2 N–H and O–H groups in total. The summed E-state index contributed by atoms with van der Waals surface area (Å²) in [4.78, 5) is 0. The maximum Gasteiger partial charge on any atom is 0.0210 e. The largest absolute Gasteiger partial charge is 0.269 e. The lowest BCUT2D eigenvalue weighted by atomic mass is 10.1. The Bertz CT molecular complexity index is 126. The van der Waals surface area contributed by atoms with Crippen LogP contribution in [0.3, 0.4) is 0 Å². The minimum atomic E-state index is 0.532. The second kappa shape index (κ2) is 10.4. The van der Waals surface area contributed by atoms with Crippen molar-refractivity contribution in [3.05, 3.63) is 0 Å². The van der Waals surface area contributed by atoms with Crippen LogP contribution in [0.1, 0.15) is 72.1 Å². The van der Waals surface area contributed by atoms with E-state index in [2.05, 4.69) is 20.8 Å². The zero-order valence-electron chi connectivity index (χ0n) is 11.0. The molecule has 0 saturated heterocycles. The Kier molecular flexibility index (Phi) is 10.4. The zero-order valence-corrected chi connectivity index (χ0v) is 11.0. The molecule has 0 heterocycles. The molecule has 0 saturated carbocycles. The number of hydrazine groups is 1. The first-order valence-corrected chi connectivity index (χ1v) is 6.73. The highest BCUT2D eigenvalue weighted by Gasteiger charge is 2.05. The number of unbranched alkanes of at least 4 members (excludes halogenated alkanes) is 6. The lowest BCUT2D eigenvalue weighted by Crippen LogP contribution is -2.39. The van der Waals surface area contributed by atoms with Crippen molar-refractivity contribution in [3.63, 3.8) is 0 Å². The Labute approximate surface area is 96.2 Å². The van der Waals surface area contributed by atoms with Crippen LogP contribution in [-0.4, -0.2) is 17.6 Å². The summed E-state index contributed by atoms with van der Waals surface area (Å²) < 4.78 is 0. The first-order valence-electron chi connectivity index (χ1n) is 6.73. The molecule has 0 bridgehead atoms. The Balaban J connectivity index is 3.16. The van der Waals surface area contributed by atoms with Crippen molar-refractivity contribution in [1.29, 1.82) is 0 Å². The van der Waals surface area contributed by atoms with Gasteiger partial charge >= 0.3 is 0 Å². The highest BCUT2D eigenvalue weighted by Crippen LogP contribution is 2.07. The minimum absolute atomic E-state index is 0.532. The fraction of sp³-hybridized carbons (Fsp3) is 1.00. The van der Waals surface area contributed by atoms with Crippen LogP contribution in [0.25, 0.3) is 0 Å². The van der Waals surface area contributed by atoms with Gasteiger partial charge in [0.15, 0.2) is 0 Å². The van der Waals surface area contributed by atoms with Crippen LogP contribution < -0.4 is 5.84 Å². The molecule has 0 aromatic carbocycles. The fourth-order valence-electron chi connectivity index (χ4n) is 1.71. The van der Waals surface area contributed by atoms with Gasteiger partial charge < -0.3 is 0 Å². The zero-order chi connectivity index (χ0) is 11.5. The molecular formula is C13H30N2. The minimum Gasteiger partial charge on any atom is -0.269 e. The smallest absolute Gasteiger partial charge is 0.0210 e. The van der Waals surface area contributed by atoms with E-state index < -0.39 is 0 Å². The third-order valence-electron chi connectivity index (χ3n) is 3.18. The van der Waals surface area contributed by atoms with Gasteiger partial charge in [0.1, 0.15) is 0 Å². The van der Waals surface area contributed by atoms with E-state index in [0.29, 0.717) is 6.04 Å². The van der Waals surface area contributed by atoms with Gasteiger partial charge in [-0.3, -0.25) is 5.84 Å². The van der Waals surface area contributed by atoms with Crippen molar-refractivity contribution in [3.8, 4) is 0 Å². The van der Waals surface area contributed by atoms with Crippen LogP contribution in [0.4, 0.5) is 0 Å². The lowest BCUT2D eigenvalue weighted by molar-refractivity contribution is 0.204. The summed E-state index contributed by atoms with van der Waals surface area (Å²) in [5.41, 5.74) is 0. The highest BCUT2D eigenvalue weighted by molar-refractivity contribution is 4.58. The molecule has 0 aliphatic carbocycles. The molecule has 0 spiro atoms. The van der Waals surface area contributed by atoms with Gasteiger partial charge in [-0.1, -0.05) is 52.4 Å². The van der Waals surface area contributed by atoms with E-state index in [1.807, 2.05) is 5.01 Å². The number of nitrogens with two attached hydrogens (primary N) is 1. The fourth-order valence-corrected chi connectivity index (χ4v) is 1.71. The Hall–Kier alpha value is -0.0800. The molecule has 1 unspecified atom stereocenters. The molecule has 1 atom stereocenters. The molecule has 92 valence electrons. The predicted octanol–water partition coefficient (Wildman–Crippen LogP) is 3.71. The van der Waals surface area contributed by atoms with E-state index >= 15 is 0 Å². The molecule has 0 aromatic heterocycles. The van der Waals surface area contributed by atoms with Crippen molar-refractivity contribution in [1.82, 2.24) is 5.01 Å². The van der Waals surface area contributed by atoms with Crippen molar-refractivity contribution in [2.24, 2.45) is 5.84 Å². The molecule has 2 nitrogen and oxygen atoms in total. The maximum atomic E-state index is 5.92. The molecular weight excluding hydrogens is 184 g/mol. The van der Waals surface area contributed by atoms with Crippen molar-refractivity contribution in [2.45, 2.75) is 78.2 Å². The van der Waals surface area contributed by atoms with Crippen molar-refractivity contribution >= 4 is 0 Å². The van der Waals surface area contributed by atoms with E-state index in [0.717, 1.165) is 13.0 Å². The van der Waals surface area contributed by atoms with Crippen LogP contribution in [0, 0.1) is 0 Å². The number of hydrogen-bond donors (Lipinski definition) is 1. The van der Waals surface area contributed by atoms with Crippen LogP contribution in [0.5, 0.6) is 0 Å². The quantitative estimate of drug-likeness (QED) is 0.341. The summed E-state index contributed by atoms with van der Waals surface area (Å²) in [6.07, 6.45) is 10.7. The normalized spacial score (nSPS) is 13.4. The van der Waals surface area contributed by atoms with Gasteiger partial charge in [-0.2, -0.15) is 0 Å². The van der Waals surface area contributed by atoms with Crippen LogP contribution >= 0.6 is 0 Å². The van der Waals surface area contributed by atoms with E-state index in [1.165, 1.54) is 44.9 Å². The van der Waals surface area contributed by atoms with Gasteiger partial charge in [-0.05, 0) is 19.8 Å². The van der Waals surface area contributed by atoms with Crippen molar-refractivity contribution < 1.29 is 0 Å². The average Bonchev–Trinajstić information content (AvgIpc) is 2.26. The van der Waals surface area contributed by atoms with E-state index in [4.69, 9.17) is 5.84 Å². The van der Waals surface area contributed by atoms with Gasteiger partial charge in [0.2, 0.25) is 0 Å². The first kappa shape index (κ1) is 14.9. The molecule has 0 rings (SSSR count). The van der Waals surface area contributed by atoms with Crippen LogP contribution in [-0.2, 0) is 0 Å². The van der Waals surface area contributed by atoms with Gasteiger partial charge in [-0.15, -0.1) is 0 Å². The molecule has 0 fully saturated rings. The summed E-state index contributed by atoms with van der Waals surface area (Å²) in [6.45, 7) is 7.71. The second-order valence-corrected chi connectivity index (χ2v) is 4.62. The van der Waals surface area contributed by atoms with Gasteiger partial charge in [0, 0.05) is 12.6 Å².